The van der Waals surface area contributed by atoms with Crippen LogP contribution in [0.2, 0.25) is 5.28 Å². The number of hydrogen-bond acceptors (Lipinski definition) is 11. The molecule has 15 heteroatoms. The van der Waals surface area contributed by atoms with Gasteiger partial charge in [0.2, 0.25) is 11.9 Å². The minimum atomic E-state index is -2.70. The fourth-order valence-corrected chi connectivity index (χ4v) is 3.22. The maximum absolute atomic E-state index is 14.6. The zero-order valence-corrected chi connectivity index (χ0v) is 15.9. The number of carbonyl (C=O) groups excluding carboxylic acids is 1. The molecule has 1 fully saturated rings. The summed E-state index contributed by atoms with van der Waals surface area (Å²) in [5.74, 6) is -0.748. The lowest BCUT2D eigenvalue weighted by atomic mass is 10.1. The second-order valence-corrected chi connectivity index (χ2v) is 6.87. The van der Waals surface area contributed by atoms with Crippen molar-refractivity contribution in [2.75, 3.05) is 26.1 Å². The minimum Gasteiger partial charge on any atom is -0.467 e. The van der Waals surface area contributed by atoms with Gasteiger partial charge in [-0.05, 0) is 11.6 Å². The largest absolute Gasteiger partial charge is 0.698 e. The number of ether oxygens (including phenoxy) is 2. The number of carbonyl (C=O) groups is 1. The van der Waals surface area contributed by atoms with Gasteiger partial charge in [0.25, 0.3) is 0 Å². The molecule has 152 valence electrons. The van der Waals surface area contributed by atoms with Crippen molar-refractivity contribution in [2.24, 2.45) is 0 Å². The van der Waals surface area contributed by atoms with Gasteiger partial charge in [-0.15, -0.1) is 9.05 Å². The third-order valence-corrected chi connectivity index (χ3v) is 4.72. The quantitative estimate of drug-likeness (QED) is 0.352. The van der Waals surface area contributed by atoms with Crippen LogP contribution in [0.1, 0.15) is 6.23 Å². The molecule has 0 aromatic carbocycles. The molecule has 0 bridgehead atoms. The van der Waals surface area contributed by atoms with Crippen LogP contribution < -0.4 is 5.73 Å². The molecule has 2 aromatic rings. The van der Waals surface area contributed by atoms with Crippen LogP contribution in [-0.4, -0.2) is 69.3 Å². The topological polar surface area (TPSA) is 161 Å². The normalized spacial score (nSPS) is 25.2. The van der Waals surface area contributed by atoms with Crippen LogP contribution in [0.4, 0.5) is 10.2 Å². The molecule has 12 nitrogen and oxygen atoms in total. The van der Waals surface area contributed by atoms with Crippen LogP contribution >= 0.6 is 19.9 Å². The SMILES string of the molecule is COC(=O)CO[P+](=O)OC[C@H]1O[C@@H](n2cnc3c(N)nc(Cl)nc32)[C@@H](F)[C@@H]1O. The van der Waals surface area contributed by atoms with Crippen molar-refractivity contribution in [3.05, 3.63) is 11.6 Å². The van der Waals surface area contributed by atoms with E-state index in [2.05, 4.69) is 24.2 Å². The first-order valence-corrected chi connectivity index (χ1v) is 9.22. The first-order chi connectivity index (χ1) is 13.3. The van der Waals surface area contributed by atoms with Gasteiger partial charge in [0.05, 0.1) is 13.4 Å². The number of nitrogens with zero attached hydrogens (tertiary/aromatic N) is 4. The molecule has 2 aromatic heterocycles. The molecule has 0 radical (unpaired) electrons. The van der Waals surface area contributed by atoms with E-state index in [1.165, 1.54) is 10.9 Å². The number of aliphatic hydroxyl groups excluding tert-OH is 1. The standard InChI is InChI=1S/C13H15ClFN5O7P/c1-24-6(21)3-26-28(23)25-2-5-9(22)7(15)12(27-5)20-4-17-8-10(16)18-13(14)19-11(8)20/h4-5,7,9,12,22H,2-3H2,1H3,(H2,16,18,19)/q+1/t5-,7+,9-,12-/m1/s1. The van der Waals surface area contributed by atoms with Crippen molar-refractivity contribution in [1.82, 2.24) is 19.5 Å². The Morgan fingerprint density at radius 1 is 1.50 bits per heavy atom. The van der Waals surface area contributed by atoms with Crippen LogP contribution in [-0.2, 0) is 27.9 Å². The van der Waals surface area contributed by atoms with Crippen molar-refractivity contribution >= 4 is 42.8 Å². The lowest BCUT2D eigenvalue weighted by Gasteiger charge is -2.15. The number of aromatic nitrogens is 4. The molecule has 3 rings (SSSR count). The number of methoxy groups -OCH3 is 1. The Hall–Kier alpha value is -2.02. The van der Waals surface area contributed by atoms with Crippen LogP contribution in [0.25, 0.3) is 11.2 Å². The molecule has 3 N–H and O–H groups in total. The van der Waals surface area contributed by atoms with Gasteiger partial charge in [0.1, 0.15) is 24.3 Å². The Labute approximate surface area is 162 Å². The van der Waals surface area contributed by atoms with Crippen LogP contribution in [0.5, 0.6) is 0 Å². The van der Waals surface area contributed by atoms with Gasteiger partial charge in [-0.3, -0.25) is 4.57 Å². The van der Waals surface area contributed by atoms with Gasteiger partial charge >= 0.3 is 14.2 Å². The van der Waals surface area contributed by atoms with Crippen LogP contribution in [0.3, 0.4) is 0 Å². The first-order valence-electron chi connectivity index (χ1n) is 7.75. The van der Waals surface area contributed by atoms with E-state index in [9.17, 15) is 18.9 Å². The summed E-state index contributed by atoms with van der Waals surface area (Å²) in [4.78, 5) is 22.6. The summed E-state index contributed by atoms with van der Waals surface area (Å²) < 4.78 is 46.7. The van der Waals surface area contributed by atoms with Gasteiger partial charge in [0.15, 0.2) is 23.9 Å². The molecule has 0 amide bonds. The molecule has 28 heavy (non-hydrogen) atoms. The number of aliphatic hydroxyl groups is 1. The Kier molecular flexibility index (Phi) is 6.33. The van der Waals surface area contributed by atoms with E-state index >= 15 is 0 Å². The van der Waals surface area contributed by atoms with E-state index < -0.39 is 52.0 Å². The molecule has 0 spiro atoms. The summed E-state index contributed by atoms with van der Waals surface area (Å²) in [6.45, 7) is -1.05. The minimum absolute atomic E-state index is 0.00217. The molecule has 0 aliphatic carbocycles. The van der Waals surface area contributed by atoms with E-state index in [0.717, 1.165) is 7.11 Å². The van der Waals surface area contributed by atoms with Crippen LogP contribution in [0, 0.1) is 0 Å². The monoisotopic (exact) mass is 438 g/mol. The second kappa shape index (κ2) is 8.55. The predicted molar refractivity (Wildman–Crippen MR) is 91.1 cm³/mol. The van der Waals surface area contributed by atoms with E-state index in [4.69, 9.17) is 26.6 Å². The highest BCUT2D eigenvalue weighted by Gasteiger charge is 2.47. The smallest absolute Gasteiger partial charge is 0.467 e. The first kappa shape index (κ1) is 20.7. The van der Waals surface area contributed by atoms with E-state index in [-0.39, 0.29) is 22.3 Å². The maximum atomic E-state index is 14.6. The Morgan fingerprint density at radius 3 is 2.96 bits per heavy atom. The molecule has 1 aliphatic rings. The third kappa shape index (κ3) is 4.19. The van der Waals surface area contributed by atoms with Crippen molar-refractivity contribution in [3.63, 3.8) is 0 Å². The van der Waals surface area contributed by atoms with Gasteiger partial charge in [-0.25, -0.2) is 14.2 Å². The summed E-state index contributed by atoms with van der Waals surface area (Å²) in [7, 11) is -1.57. The maximum Gasteiger partial charge on any atom is 0.698 e. The number of rotatable bonds is 7. The van der Waals surface area contributed by atoms with Gasteiger partial charge in [-0.1, -0.05) is 0 Å². The summed E-state index contributed by atoms with van der Waals surface area (Å²) in [5.41, 5.74) is 6.01. The van der Waals surface area contributed by atoms with Gasteiger partial charge in [-0.2, -0.15) is 9.97 Å². The molecular formula is C13H15ClFN5O7P+. The summed E-state index contributed by atoms with van der Waals surface area (Å²) in [6, 6.07) is 0. The number of esters is 1. The molecule has 0 saturated carbocycles. The number of fused-ring (bicyclic) bond motifs is 1. The number of anilines is 1. The third-order valence-electron chi connectivity index (χ3n) is 3.85. The Bertz CT molecular complexity index is 902. The van der Waals surface area contributed by atoms with E-state index in [1.54, 1.807) is 0 Å². The number of halogens is 2. The summed E-state index contributed by atoms with van der Waals surface area (Å²) >= 11 is 5.77. The number of nitrogens with two attached hydrogens (primary N) is 1. The highest BCUT2D eigenvalue weighted by Crippen LogP contribution is 2.36. The number of nitrogen functional groups attached to an aromatic ring is 1. The van der Waals surface area contributed by atoms with Gasteiger partial charge in [0, 0.05) is 4.57 Å². The fraction of sp³-hybridized carbons (Fsp3) is 0.538. The van der Waals surface area contributed by atoms with E-state index in [1.807, 2.05) is 0 Å². The van der Waals surface area contributed by atoms with Crippen LogP contribution in [0.15, 0.2) is 6.33 Å². The number of hydrogen-bond donors (Lipinski definition) is 2. The molecular weight excluding hydrogens is 424 g/mol. The average molecular weight is 439 g/mol. The van der Waals surface area contributed by atoms with Crippen molar-refractivity contribution in [3.8, 4) is 0 Å². The molecule has 1 unspecified atom stereocenters. The average Bonchev–Trinajstić information content (AvgIpc) is 3.20. The molecule has 5 atom stereocenters. The molecule has 1 aliphatic heterocycles. The fourth-order valence-electron chi connectivity index (χ4n) is 2.50. The number of imidazole rings is 1. The van der Waals surface area contributed by atoms with Crippen molar-refractivity contribution in [2.45, 2.75) is 24.6 Å². The summed E-state index contributed by atoms with van der Waals surface area (Å²) in [6.07, 6.45) is -4.74. The Balaban J connectivity index is 1.68. The molecule has 1 saturated heterocycles. The van der Waals surface area contributed by atoms with Gasteiger partial charge < -0.3 is 20.3 Å². The van der Waals surface area contributed by atoms with Crippen molar-refractivity contribution < 1.29 is 37.4 Å². The lowest BCUT2D eigenvalue weighted by molar-refractivity contribution is -0.143. The summed E-state index contributed by atoms with van der Waals surface area (Å²) in [5, 5.41) is 9.90. The lowest BCUT2D eigenvalue weighted by Crippen LogP contribution is -2.31. The predicted octanol–water partition coefficient (Wildman–Crippen LogP) is 0.522. The zero-order valence-electron chi connectivity index (χ0n) is 14.3. The number of alkyl halides is 1. The van der Waals surface area contributed by atoms with Crippen molar-refractivity contribution in [1.29, 1.82) is 0 Å². The Morgan fingerprint density at radius 2 is 2.25 bits per heavy atom. The van der Waals surface area contributed by atoms with E-state index in [0.29, 0.717) is 0 Å². The highest BCUT2D eigenvalue weighted by atomic mass is 35.5. The molecule has 3 heterocycles. The zero-order chi connectivity index (χ0) is 20.4. The highest BCUT2D eigenvalue weighted by molar-refractivity contribution is 7.33. The second-order valence-electron chi connectivity index (χ2n) is 5.57.